The van der Waals surface area contributed by atoms with Crippen LogP contribution in [0, 0.1) is 0 Å². The van der Waals surface area contributed by atoms with Gasteiger partial charge in [0.15, 0.2) is 0 Å². The number of hydrogen-bond acceptors (Lipinski definition) is 5. The second-order valence-electron chi connectivity index (χ2n) is 5.40. The summed E-state index contributed by atoms with van der Waals surface area (Å²) in [6, 6.07) is 0. The van der Waals surface area contributed by atoms with Crippen molar-refractivity contribution < 1.29 is 19.0 Å². The molecule has 0 aliphatic carbocycles. The Bertz CT molecular complexity index is 261. The molecule has 0 amide bonds. The molecular weight excluding hydrogens is 270 g/mol. The minimum Gasteiger partial charge on any atom is -0.465 e. The lowest BCUT2D eigenvalue weighted by molar-refractivity contribution is -0.150. The SMILES string of the molecule is CCCNC(C)(CCCCOCCCOC)C(=O)OCC. The molecule has 126 valence electrons. The van der Waals surface area contributed by atoms with E-state index < -0.39 is 5.54 Å². The molecule has 0 bridgehead atoms. The van der Waals surface area contributed by atoms with Crippen molar-refractivity contribution in [3.63, 3.8) is 0 Å². The molecule has 0 aromatic heterocycles. The molecule has 0 spiro atoms. The molecule has 0 aromatic rings. The molecule has 0 aromatic carbocycles. The van der Waals surface area contributed by atoms with Gasteiger partial charge in [0.1, 0.15) is 5.54 Å². The first-order valence-electron chi connectivity index (χ1n) is 8.09. The molecule has 0 aliphatic rings. The van der Waals surface area contributed by atoms with E-state index in [0.29, 0.717) is 6.61 Å². The maximum absolute atomic E-state index is 12.1. The van der Waals surface area contributed by atoms with Crippen molar-refractivity contribution in [3.05, 3.63) is 0 Å². The molecule has 1 unspecified atom stereocenters. The standard InChI is InChI=1S/C16H33NO4/c1-5-11-17-16(3,15(18)21-6-2)10-7-8-13-20-14-9-12-19-4/h17H,5-14H2,1-4H3. The van der Waals surface area contributed by atoms with E-state index in [9.17, 15) is 4.79 Å². The highest BCUT2D eigenvalue weighted by atomic mass is 16.5. The van der Waals surface area contributed by atoms with Gasteiger partial charge in [-0.25, -0.2) is 0 Å². The molecule has 0 aliphatic heterocycles. The zero-order valence-corrected chi connectivity index (χ0v) is 14.2. The van der Waals surface area contributed by atoms with Crippen LogP contribution in [0.15, 0.2) is 0 Å². The van der Waals surface area contributed by atoms with Gasteiger partial charge in [-0.05, 0) is 52.5 Å². The quantitative estimate of drug-likeness (QED) is 0.395. The van der Waals surface area contributed by atoms with Crippen LogP contribution in [0.1, 0.15) is 52.9 Å². The van der Waals surface area contributed by atoms with Gasteiger partial charge in [0.2, 0.25) is 0 Å². The Kier molecular flexibility index (Phi) is 12.6. The van der Waals surface area contributed by atoms with Gasteiger partial charge < -0.3 is 19.5 Å². The molecule has 0 saturated heterocycles. The van der Waals surface area contributed by atoms with E-state index in [2.05, 4.69) is 12.2 Å². The molecule has 0 saturated carbocycles. The molecule has 1 atom stereocenters. The summed E-state index contributed by atoms with van der Waals surface area (Å²) < 4.78 is 15.7. The molecular formula is C16H33NO4. The fraction of sp³-hybridized carbons (Fsp3) is 0.938. The van der Waals surface area contributed by atoms with E-state index in [1.165, 1.54) is 0 Å². The number of ether oxygens (including phenoxy) is 3. The zero-order valence-electron chi connectivity index (χ0n) is 14.2. The summed E-state index contributed by atoms with van der Waals surface area (Å²) in [7, 11) is 1.69. The molecule has 0 fully saturated rings. The monoisotopic (exact) mass is 303 g/mol. The Balaban J connectivity index is 3.93. The normalized spacial score (nSPS) is 13.9. The van der Waals surface area contributed by atoms with Crippen LogP contribution in [0.2, 0.25) is 0 Å². The summed E-state index contributed by atoms with van der Waals surface area (Å²) in [5, 5.41) is 3.32. The van der Waals surface area contributed by atoms with Gasteiger partial charge in [-0.2, -0.15) is 0 Å². The van der Waals surface area contributed by atoms with Crippen molar-refractivity contribution in [3.8, 4) is 0 Å². The highest BCUT2D eigenvalue weighted by Gasteiger charge is 2.33. The fourth-order valence-corrected chi connectivity index (χ4v) is 2.04. The van der Waals surface area contributed by atoms with Gasteiger partial charge in [-0.15, -0.1) is 0 Å². The van der Waals surface area contributed by atoms with Crippen molar-refractivity contribution in [2.45, 2.75) is 58.4 Å². The van der Waals surface area contributed by atoms with Crippen molar-refractivity contribution >= 4 is 5.97 Å². The number of hydrogen-bond donors (Lipinski definition) is 1. The van der Waals surface area contributed by atoms with Crippen molar-refractivity contribution in [2.75, 3.05) is 40.1 Å². The first-order valence-corrected chi connectivity index (χ1v) is 8.09. The minimum atomic E-state index is -0.581. The molecule has 0 heterocycles. The van der Waals surface area contributed by atoms with E-state index in [-0.39, 0.29) is 5.97 Å². The van der Waals surface area contributed by atoms with Crippen LogP contribution >= 0.6 is 0 Å². The van der Waals surface area contributed by atoms with Gasteiger partial charge >= 0.3 is 5.97 Å². The Labute approximate surface area is 129 Å². The van der Waals surface area contributed by atoms with Gasteiger partial charge in [0, 0.05) is 26.9 Å². The summed E-state index contributed by atoms with van der Waals surface area (Å²) in [4.78, 5) is 12.1. The Morgan fingerprint density at radius 1 is 1.10 bits per heavy atom. The second kappa shape index (κ2) is 13.0. The van der Waals surface area contributed by atoms with Crippen LogP contribution in [-0.2, 0) is 19.0 Å². The molecule has 5 nitrogen and oxygen atoms in total. The van der Waals surface area contributed by atoms with Gasteiger partial charge in [0.25, 0.3) is 0 Å². The van der Waals surface area contributed by atoms with Crippen molar-refractivity contribution in [1.29, 1.82) is 0 Å². The third-order valence-electron chi connectivity index (χ3n) is 3.34. The Morgan fingerprint density at radius 3 is 2.43 bits per heavy atom. The molecule has 0 radical (unpaired) electrons. The van der Waals surface area contributed by atoms with Crippen LogP contribution in [0.4, 0.5) is 0 Å². The number of carbonyl (C=O) groups is 1. The maximum atomic E-state index is 12.1. The first-order chi connectivity index (χ1) is 10.1. The van der Waals surface area contributed by atoms with Crippen LogP contribution in [0.3, 0.4) is 0 Å². The molecule has 0 rings (SSSR count). The Hall–Kier alpha value is -0.650. The molecule has 5 heteroatoms. The lowest BCUT2D eigenvalue weighted by atomic mass is 9.94. The van der Waals surface area contributed by atoms with Crippen molar-refractivity contribution in [2.24, 2.45) is 0 Å². The van der Waals surface area contributed by atoms with Gasteiger partial charge in [0.05, 0.1) is 6.61 Å². The first kappa shape index (κ1) is 20.3. The number of carbonyl (C=O) groups excluding carboxylic acids is 1. The molecule has 21 heavy (non-hydrogen) atoms. The second-order valence-corrected chi connectivity index (χ2v) is 5.40. The number of nitrogens with one attached hydrogen (secondary N) is 1. The third-order valence-corrected chi connectivity index (χ3v) is 3.34. The lowest BCUT2D eigenvalue weighted by Crippen LogP contribution is -2.50. The minimum absolute atomic E-state index is 0.153. The van der Waals surface area contributed by atoms with Crippen LogP contribution < -0.4 is 5.32 Å². The average Bonchev–Trinajstić information content (AvgIpc) is 2.48. The number of unbranched alkanes of at least 4 members (excludes halogenated alkanes) is 1. The van der Waals surface area contributed by atoms with Crippen LogP contribution in [0.5, 0.6) is 0 Å². The molecule has 1 N–H and O–H groups in total. The zero-order chi connectivity index (χ0) is 16.0. The Morgan fingerprint density at radius 2 is 1.81 bits per heavy atom. The smallest absolute Gasteiger partial charge is 0.326 e. The van der Waals surface area contributed by atoms with E-state index >= 15 is 0 Å². The van der Waals surface area contributed by atoms with Crippen LogP contribution in [-0.4, -0.2) is 51.6 Å². The summed E-state index contributed by atoms with van der Waals surface area (Å²) >= 11 is 0. The number of methoxy groups -OCH3 is 1. The maximum Gasteiger partial charge on any atom is 0.326 e. The predicted octanol–water partition coefficient (Wildman–Crippen LogP) is 2.53. The van der Waals surface area contributed by atoms with Gasteiger partial charge in [-0.3, -0.25) is 4.79 Å². The third kappa shape index (κ3) is 9.82. The van der Waals surface area contributed by atoms with E-state index in [0.717, 1.165) is 58.5 Å². The lowest BCUT2D eigenvalue weighted by Gasteiger charge is -2.28. The van der Waals surface area contributed by atoms with E-state index in [1.807, 2.05) is 13.8 Å². The van der Waals surface area contributed by atoms with E-state index in [1.54, 1.807) is 7.11 Å². The van der Waals surface area contributed by atoms with Crippen molar-refractivity contribution in [1.82, 2.24) is 5.32 Å². The fourth-order valence-electron chi connectivity index (χ4n) is 2.04. The van der Waals surface area contributed by atoms with Gasteiger partial charge in [-0.1, -0.05) is 6.92 Å². The largest absolute Gasteiger partial charge is 0.465 e. The summed E-state index contributed by atoms with van der Waals surface area (Å²) in [6.07, 6.45) is 4.59. The summed E-state index contributed by atoms with van der Waals surface area (Å²) in [5.41, 5.74) is -0.581. The summed E-state index contributed by atoms with van der Waals surface area (Å²) in [6.45, 7) is 9.31. The van der Waals surface area contributed by atoms with E-state index in [4.69, 9.17) is 14.2 Å². The summed E-state index contributed by atoms with van der Waals surface area (Å²) in [5.74, 6) is -0.153. The highest BCUT2D eigenvalue weighted by Crippen LogP contribution is 2.16. The predicted molar refractivity (Wildman–Crippen MR) is 84.5 cm³/mol. The highest BCUT2D eigenvalue weighted by molar-refractivity contribution is 5.80. The number of esters is 1. The number of rotatable bonds is 14. The van der Waals surface area contributed by atoms with Crippen LogP contribution in [0.25, 0.3) is 0 Å². The topological polar surface area (TPSA) is 56.8 Å². The average molecular weight is 303 g/mol.